The molecule has 1 unspecified atom stereocenters. The minimum atomic E-state index is -3.27. The molecule has 2 fully saturated rings. The van der Waals surface area contributed by atoms with Gasteiger partial charge in [0.25, 0.3) is 5.56 Å². The molecule has 0 aromatic carbocycles. The number of hydrogen-bond donors (Lipinski definition) is 1. The van der Waals surface area contributed by atoms with Crippen LogP contribution < -0.4 is 5.56 Å². The molecule has 2 saturated heterocycles. The number of aryl methyl sites for hydroxylation is 1. The SMILES string of the molecule is Cc1ccc(=O)n(CC2CCN(CC3(O)CCCN(S(C)(=O)=O)C3)CC2)n1. The van der Waals surface area contributed by atoms with Gasteiger partial charge in [-0.25, -0.2) is 13.1 Å². The molecule has 9 heteroatoms. The highest BCUT2D eigenvalue weighted by molar-refractivity contribution is 7.88. The summed E-state index contributed by atoms with van der Waals surface area (Å²) < 4.78 is 26.5. The van der Waals surface area contributed by atoms with Crippen LogP contribution in [0.3, 0.4) is 0 Å². The van der Waals surface area contributed by atoms with E-state index >= 15 is 0 Å². The van der Waals surface area contributed by atoms with E-state index in [0.29, 0.717) is 38.4 Å². The lowest BCUT2D eigenvalue weighted by molar-refractivity contribution is -0.0409. The molecule has 2 aliphatic rings. The number of aliphatic hydroxyl groups is 1. The van der Waals surface area contributed by atoms with Crippen molar-refractivity contribution in [2.24, 2.45) is 5.92 Å². The van der Waals surface area contributed by atoms with Crippen molar-refractivity contribution in [2.75, 3.05) is 39.0 Å². The molecular formula is C18H30N4O4S. The highest BCUT2D eigenvalue weighted by Crippen LogP contribution is 2.26. The Hall–Kier alpha value is -1.29. The van der Waals surface area contributed by atoms with Crippen LogP contribution in [0.15, 0.2) is 16.9 Å². The van der Waals surface area contributed by atoms with Gasteiger partial charge in [-0.2, -0.15) is 9.40 Å². The molecule has 0 saturated carbocycles. The predicted octanol–water partition coefficient (Wildman–Crippen LogP) is 0.0502. The molecule has 3 heterocycles. The molecule has 2 aliphatic heterocycles. The van der Waals surface area contributed by atoms with Gasteiger partial charge in [-0.1, -0.05) is 0 Å². The number of likely N-dealkylation sites (tertiary alicyclic amines) is 1. The van der Waals surface area contributed by atoms with Gasteiger partial charge in [0.2, 0.25) is 10.0 Å². The second-order valence-electron chi connectivity index (χ2n) is 8.14. The van der Waals surface area contributed by atoms with Crippen molar-refractivity contribution in [1.29, 1.82) is 0 Å². The van der Waals surface area contributed by atoms with E-state index in [9.17, 15) is 18.3 Å². The Morgan fingerprint density at radius 3 is 2.63 bits per heavy atom. The summed E-state index contributed by atoms with van der Waals surface area (Å²) in [4.78, 5) is 14.1. The lowest BCUT2D eigenvalue weighted by Crippen LogP contribution is -2.56. The Labute approximate surface area is 160 Å². The summed E-state index contributed by atoms with van der Waals surface area (Å²) in [5.41, 5.74) is -0.217. The molecule has 1 N–H and O–H groups in total. The second kappa shape index (κ2) is 7.98. The third-order valence-electron chi connectivity index (χ3n) is 5.65. The smallest absolute Gasteiger partial charge is 0.266 e. The number of aromatic nitrogens is 2. The largest absolute Gasteiger partial charge is 0.387 e. The van der Waals surface area contributed by atoms with E-state index in [1.165, 1.54) is 10.6 Å². The van der Waals surface area contributed by atoms with E-state index in [1.807, 2.05) is 6.92 Å². The van der Waals surface area contributed by atoms with Crippen LogP contribution in [-0.2, 0) is 16.6 Å². The Bertz CT molecular complexity index is 817. The number of nitrogens with zero attached hydrogens (tertiary/aromatic N) is 4. The van der Waals surface area contributed by atoms with Gasteiger partial charge >= 0.3 is 0 Å². The Kier molecular flexibility index (Phi) is 6.05. The molecule has 0 spiro atoms. The van der Waals surface area contributed by atoms with Crippen molar-refractivity contribution in [1.82, 2.24) is 19.0 Å². The summed E-state index contributed by atoms with van der Waals surface area (Å²) in [5.74, 6) is 0.391. The zero-order valence-electron chi connectivity index (χ0n) is 16.2. The first-order valence-corrected chi connectivity index (χ1v) is 11.4. The van der Waals surface area contributed by atoms with Crippen LogP contribution in [-0.4, -0.2) is 77.1 Å². The monoisotopic (exact) mass is 398 g/mol. The molecule has 1 aromatic rings. The van der Waals surface area contributed by atoms with Crippen LogP contribution >= 0.6 is 0 Å². The van der Waals surface area contributed by atoms with Crippen LogP contribution in [0.1, 0.15) is 31.4 Å². The highest BCUT2D eigenvalue weighted by Gasteiger charge is 2.38. The first-order valence-electron chi connectivity index (χ1n) is 9.59. The number of sulfonamides is 1. The molecule has 3 rings (SSSR count). The molecule has 0 aliphatic carbocycles. The second-order valence-corrected chi connectivity index (χ2v) is 10.1. The maximum Gasteiger partial charge on any atom is 0.266 e. The lowest BCUT2D eigenvalue weighted by Gasteiger charge is -2.42. The Morgan fingerprint density at radius 2 is 1.96 bits per heavy atom. The quantitative estimate of drug-likeness (QED) is 0.753. The van der Waals surface area contributed by atoms with Crippen molar-refractivity contribution in [3.63, 3.8) is 0 Å². The standard InChI is InChI=1S/C18H30N4O4S/c1-15-4-5-17(23)22(19-15)12-16-6-10-20(11-7-16)13-18(24)8-3-9-21(14-18)27(2,25)26/h4-5,16,24H,3,6-14H2,1-2H3. The predicted molar refractivity (Wildman–Crippen MR) is 103 cm³/mol. The van der Waals surface area contributed by atoms with Crippen LogP contribution in [0.25, 0.3) is 0 Å². The van der Waals surface area contributed by atoms with E-state index in [4.69, 9.17) is 0 Å². The maximum absolute atomic E-state index is 11.9. The van der Waals surface area contributed by atoms with Gasteiger partial charge in [0, 0.05) is 32.2 Å². The summed E-state index contributed by atoms with van der Waals surface area (Å²) in [6.07, 6.45) is 4.39. The first kappa shape index (κ1) is 20.4. The normalized spacial score (nSPS) is 26.3. The molecule has 8 nitrogen and oxygen atoms in total. The number of piperidine rings is 2. The fourth-order valence-corrected chi connectivity index (χ4v) is 5.09. The summed E-state index contributed by atoms with van der Waals surface area (Å²) in [6, 6.07) is 3.29. The topological polar surface area (TPSA) is 95.7 Å². The summed E-state index contributed by atoms with van der Waals surface area (Å²) in [6.45, 7) is 5.34. The van der Waals surface area contributed by atoms with Crippen LogP contribution in [0.5, 0.6) is 0 Å². The van der Waals surface area contributed by atoms with Crippen LogP contribution in [0, 0.1) is 12.8 Å². The molecule has 152 valence electrons. The molecule has 0 radical (unpaired) electrons. The van der Waals surface area contributed by atoms with E-state index < -0.39 is 15.6 Å². The molecule has 27 heavy (non-hydrogen) atoms. The van der Waals surface area contributed by atoms with E-state index in [-0.39, 0.29) is 12.1 Å². The molecule has 1 atom stereocenters. The van der Waals surface area contributed by atoms with Gasteiger partial charge in [0.05, 0.1) is 17.6 Å². The summed E-state index contributed by atoms with van der Waals surface area (Å²) in [7, 11) is -3.27. The average molecular weight is 399 g/mol. The number of β-amino-alcohol motifs (C(OH)–C–C–N with tert-alkyl or cyclic N) is 1. The zero-order chi connectivity index (χ0) is 19.7. The van der Waals surface area contributed by atoms with E-state index in [0.717, 1.165) is 31.6 Å². The lowest BCUT2D eigenvalue weighted by atomic mass is 9.91. The Morgan fingerprint density at radius 1 is 1.26 bits per heavy atom. The van der Waals surface area contributed by atoms with Gasteiger partial charge in [0.1, 0.15) is 0 Å². The minimum absolute atomic E-state index is 0.0691. The number of rotatable bonds is 5. The van der Waals surface area contributed by atoms with Gasteiger partial charge in [0.15, 0.2) is 0 Å². The fraction of sp³-hybridized carbons (Fsp3) is 0.778. The van der Waals surface area contributed by atoms with Crippen molar-refractivity contribution in [2.45, 2.75) is 44.8 Å². The van der Waals surface area contributed by atoms with Gasteiger partial charge in [-0.15, -0.1) is 0 Å². The van der Waals surface area contributed by atoms with Crippen molar-refractivity contribution in [3.05, 3.63) is 28.2 Å². The minimum Gasteiger partial charge on any atom is -0.387 e. The first-order chi connectivity index (χ1) is 12.6. The van der Waals surface area contributed by atoms with Crippen LogP contribution in [0.4, 0.5) is 0 Å². The molecule has 0 bridgehead atoms. The third kappa shape index (κ3) is 5.37. The van der Waals surface area contributed by atoms with E-state index in [2.05, 4.69) is 10.00 Å². The average Bonchev–Trinajstić information content (AvgIpc) is 2.59. The Balaban J connectivity index is 1.53. The number of hydrogen-bond acceptors (Lipinski definition) is 6. The zero-order valence-corrected chi connectivity index (χ0v) is 17.0. The molecular weight excluding hydrogens is 368 g/mol. The summed E-state index contributed by atoms with van der Waals surface area (Å²) in [5, 5.41) is 15.2. The van der Waals surface area contributed by atoms with Gasteiger partial charge in [-0.05, 0) is 57.7 Å². The van der Waals surface area contributed by atoms with Gasteiger partial charge < -0.3 is 10.0 Å². The maximum atomic E-state index is 11.9. The van der Waals surface area contributed by atoms with Crippen molar-refractivity contribution in [3.8, 4) is 0 Å². The fourth-order valence-electron chi connectivity index (χ4n) is 4.15. The van der Waals surface area contributed by atoms with Crippen molar-refractivity contribution >= 4 is 10.0 Å². The van der Waals surface area contributed by atoms with E-state index in [1.54, 1.807) is 16.8 Å². The third-order valence-corrected chi connectivity index (χ3v) is 6.90. The highest BCUT2D eigenvalue weighted by atomic mass is 32.2. The molecule has 1 aromatic heterocycles. The van der Waals surface area contributed by atoms with Gasteiger partial charge in [-0.3, -0.25) is 4.79 Å². The summed E-state index contributed by atoms with van der Waals surface area (Å²) >= 11 is 0. The van der Waals surface area contributed by atoms with Crippen LogP contribution in [0.2, 0.25) is 0 Å². The molecule has 0 amide bonds. The van der Waals surface area contributed by atoms with Crippen molar-refractivity contribution < 1.29 is 13.5 Å².